The smallest absolute Gasteiger partial charge is 0.308 e. The number of fused-ring (bicyclic) bond motifs is 1. The van der Waals surface area contributed by atoms with Gasteiger partial charge in [-0.05, 0) is 25.0 Å². The topological polar surface area (TPSA) is 87.6 Å². The first-order chi connectivity index (χ1) is 9.61. The average Bonchev–Trinajstić information content (AvgIpc) is 2.71. The van der Waals surface area contributed by atoms with Crippen LogP contribution >= 0.6 is 0 Å². The number of pyridine rings is 1. The summed E-state index contributed by atoms with van der Waals surface area (Å²) < 4.78 is 0. The Morgan fingerprint density at radius 1 is 1.25 bits per heavy atom. The van der Waals surface area contributed by atoms with Crippen LogP contribution in [0.3, 0.4) is 0 Å². The summed E-state index contributed by atoms with van der Waals surface area (Å²) >= 11 is 0. The number of carboxylic acid groups (broad SMARTS) is 1. The fourth-order valence-corrected chi connectivity index (χ4v) is 3.09. The van der Waals surface area contributed by atoms with Gasteiger partial charge in [-0.15, -0.1) is 0 Å². The summed E-state index contributed by atoms with van der Waals surface area (Å²) in [6.07, 6.45) is 4.15. The van der Waals surface area contributed by atoms with Crippen molar-refractivity contribution >= 4 is 17.8 Å². The second-order valence-electron chi connectivity index (χ2n) is 5.18. The minimum atomic E-state index is -0.945. The predicted molar refractivity (Wildman–Crippen MR) is 68.1 cm³/mol. The Balaban J connectivity index is 1.97. The second kappa shape index (κ2) is 4.70. The first-order valence-corrected chi connectivity index (χ1v) is 6.67. The van der Waals surface area contributed by atoms with Crippen LogP contribution in [0.1, 0.15) is 46.5 Å². The number of carbonyl (C=O) groups is 3. The Bertz CT molecular complexity index is 564. The number of amides is 2. The molecule has 3 rings (SSSR count). The van der Waals surface area contributed by atoms with E-state index in [2.05, 4.69) is 4.98 Å². The number of imide groups is 1. The van der Waals surface area contributed by atoms with Crippen LogP contribution in [0.4, 0.5) is 0 Å². The van der Waals surface area contributed by atoms with Crippen molar-refractivity contribution in [3.05, 3.63) is 29.6 Å². The van der Waals surface area contributed by atoms with Crippen LogP contribution in [-0.4, -0.2) is 38.8 Å². The van der Waals surface area contributed by atoms with Gasteiger partial charge in [-0.2, -0.15) is 0 Å². The Labute approximate surface area is 115 Å². The number of nitrogens with zero attached hydrogens (tertiary/aromatic N) is 2. The Hall–Kier alpha value is -2.24. The number of rotatable bonds is 2. The second-order valence-corrected chi connectivity index (χ2v) is 5.18. The normalized spacial score (nSPS) is 25.7. The first-order valence-electron chi connectivity index (χ1n) is 6.67. The molecule has 1 aliphatic heterocycles. The molecular formula is C14H14N2O4. The number of carboxylic acids is 1. The van der Waals surface area contributed by atoms with Gasteiger partial charge in [0.1, 0.15) is 5.69 Å². The zero-order valence-electron chi connectivity index (χ0n) is 10.8. The number of hydrogen-bond acceptors (Lipinski definition) is 4. The van der Waals surface area contributed by atoms with Crippen LogP contribution in [-0.2, 0) is 4.79 Å². The summed E-state index contributed by atoms with van der Waals surface area (Å²) in [6.45, 7) is 0. The van der Waals surface area contributed by atoms with Crippen molar-refractivity contribution in [2.24, 2.45) is 5.92 Å². The molecule has 104 valence electrons. The van der Waals surface area contributed by atoms with Gasteiger partial charge in [0.2, 0.25) is 0 Å². The highest BCUT2D eigenvalue weighted by molar-refractivity contribution is 6.20. The van der Waals surface area contributed by atoms with E-state index < -0.39 is 29.7 Å². The number of carbonyl (C=O) groups excluding carboxylic acids is 2. The van der Waals surface area contributed by atoms with E-state index >= 15 is 0 Å². The molecular weight excluding hydrogens is 260 g/mol. The maximum Gasteiger partial charge on any atom is 0.308 e. The zero-order chi connectivity index (χ0) is 14.3. The fraction of sp³-hybridized carbons (Fsp3) is 0.429. The van der Waals surface area contributed by atoms with Gasteiger partial charge in [-0.1, -0.05) is 12.8 Å². The predicted octanol–water partition coefficient (Wildman–Crippen LogP) is 1.32. The minimum absolute atomic E-state index is 0.132. The van der Waals surface area contributed by atoms with E-state index in [-0.39, 0.29) is 11.3 Å². The van der Waals surface area contributed by atoms with Gasteiger partial charge in [0, 0.05) is 6.20 Å². The van der Waals surface area contributed by atoms with Crippen molar-refractivity contribution < 1.29 is 19.5 Å². The van der Waals surface area contributed by atoms with E-state index in [0.717, 1.165) is 17.7 Å². The lowest BCUT2D eigenvalue weighted by molar-refractivity contribution is -0.144. The SMILES string of the molecule is O=C(O)C1CCCCC1N1C(=O)c2cccnc2C1=O. The molecule has 2 heterocycles. The van der Waals surface area contributed by atoms with Gasteiger partial charge < -0.3 is 5.11 Å². The quantitative estimate of drug-likeness (QED) is 0.822. The lowest BCUT2D eigenvalue weighted by Gasteiger charge is -2.34. The standard InChI is InChI=1S/C14H14N2O4/c17-12-9-5-3-7-15-11(9)13(18)16(12)10-6-2-1-4-8(10)14(19)20/h3,5,7-8,10H,1-2,4,6H2,(H,19,20). The molecule has 1 N–H and O–H groups in total. The summed E-state index contributed by atoms with van der Waals surface area (Å²) in [7, 11) is 0. The van der Waals surface area contributed by atoms with Crippen LogP contribution in [0.25, 0.3) is 0 Å². The van der Waals surface area contributed by atoms with E-state index in [1.807, 2.05) is 0 Å². The Morgan fingerprint density at radius 2 is 2.00 bits per heavy atom. The third kappa shape index (κ3) is 1.79. The van der Waals surface area contributed by atoms with Crippen molar-refractivity contribution in [2.75, 3.05) is 0 Å². The van der Waals surface area contributed by atoms with E-state index in [4.69, 9.17) is 0 Å². The molecule has 1 saturated carbocycles. The highest BCUT2D eigenvalue weighted by Gasteiger charge is 2.46. The monoisotopic (exact) mass is 274 g/mol. The third-order valence-corrected chi connectivity index (χ3v) is 4.06. The molecule has 2 aliphatic rings. The molecule has 6 nitrogen and oxygen atoms in total. The molecule has 0 saturated heterocycles. The molecule has 1 aliphatic carbocycles. The highest BCUT2D eigenvalue weighted by atomic mass is 16.4. The van der Waals surface area contributed by atoms with E-state index in [1.54, 1.807) is 12.1 Å². The largest absolute Gasteiger partial charge is 0.481 e. The summed E-state index contributed by atoms with van der Waals surface area (Å²) in [5.74, 6) is -2.51. The molecule has 2 amide bonds. The minimum Gasteiger partial charge on any atom is -0.481 e. The van der Waals surface area contributed by atoms with E-state index in [0.29, 0.717) is 12.8 Å². The molecule has 20 heavy (non-hydrogen) atoms. The fourth-order valence-electron chi connectivity index (χ4n) is 3.09. The number of aliphatic carboxylic acids is 1. The van der Waals surface area contributed by atoms with Crippen LogP contribution in [0.2, 0.25) is 0 Å². The summed E-state index contributed by atoms with van der Waals surface area (Å²) in [6, 6.07) is 2.60. The molecule has 0 spiro atoms. The maximum atomic E-state index is 12.3. The molecule has 0 aromatic carbocycles. The molecule has 1 fully saturated rings. The van der Waals surface area contributed by atoms with Gasteiger partial charge in [0.15, 0.2) is 0 Å². The molecule has 2 atom stereocenters. The van der Waals surface area contributed by atoms with Gasteiger partial charge in [-0.3, -0.25) is 24.3 Å². The summed E-state index contributed by atoms with van der Waals surface area (Å²) in [5.41, 5.74) is 0.402. The average molecular weight is 274 g/mol. The Morgan fingerprint density at radius 3 is 2.70 bits per heavy atom. The van der Waals surface area contributed by atoms with Gasteiger partial charge in [0.25, 0.3) is 11.8 Å². The van der Waals surface area contributed by atoms with Gasteiger partial charge in [-0.25, -0.2) is 0 Å². The van der Waals surface area contributed by atoms with Crippen molar-refractivity contribution in [3.63, 3.8) is 0 Å². The number of hydrogen-bond donors (Lipinski definition) is 1. The summed E-state index contributed by atoms with van der Waals surface area (Å²) in [4.78, 5) is 41.1. The molecule has 2 unspecified atom stereocenters. The zero-order valence-corrected chi connectivity index (χ0v) is 10.8. The van der Waals surface area contributed by atoms with Gasteiger partial charge in [0.05, 0.1) is 17.5 Å². The van der Waals surface area contributed by atoms with Crippen LogP contribution in [0, 0.1) is 5.92 Å². The van der Waals surface area contributed by atoms with Crippen LogP contribution in [0.5, 0.6) is 0 Å². The molecule has 0 radical (unpaired) electrons. The van der Waals surface area contributed by atoms with Crippen LogP contribution < -0.4 is 0 Å². The van der Waals surface area contributed by atoms with Crippen molar-refractivity contribution in [1.29, 1.82) is 0 Å². The van der Waals surface area contributed by atoms with Crippen LogP contribution in [0.15, 0.2) is 18.3 Å². The first kappa shape index (κ1) is 12.8. The number of aromatic nitrogens is 1. The molecule has 1 aromatic heterocycles. The molecule has 6 heteroatoms. The Kier molecular flexibility index (Phi) is 3.00. The lowest BCUT2D eigenvalue weighted by atomic mass is 9.83. The summed E-state index contributed by atoms with van der Waals surface area (Å²) in [5, 5.41) is 9.29. The van der Waals surface area contributed by atoms with Crippen molar-refractivity contribution in [1.82, 2.24) is 9.88 Å². The maximum absolute atomic E-state index is 12.3. The van der Waals surface area contributed by atoms with E-state index in [1.165, 1.54) is 6.20 Å². The molecule has 0 bridgehead atoms. The van der Waals surface area contributed by atoms with Crippen molar-refractivity contribution in [3.8, 4) is 0 Å². The molecule has 1 aromatic rings. The van der Waals surface area contributed by atoms with Gasteiger partial charge >= 0.3 is 5.97 Å². The third-order valence-electron chi connectivity index (χ3n) is 4.06. The van der Waals surface area contributed by atoms with E-state index in [9.17, 15) is 19.5 Å². The van der Waals surface area contributed by atoms with Crippen molar-refractivity contribution in [2.45, 2.75) is 31.7 Å². The highest BCUT2D eigenvalue weighted by Crippen LogP contribution is 2.33. The lowest BCUT2D eigenvalue weighted by Crippen LogP contribution is -2.48.